The zero-order valence-corrected chi connectivity index (χ0v) is 24.1. The molecule has 3 aromatic rings. The quantitative estimate of drug-likeness (QED) is 0.338. The zero-order valence-electron chi connectivity index (χ0n) is 23.2. The fourth-order valence-electron chi connectivity index (χ4n) is 4.81. The molecule has 1 aliphatic rings. The number of pyridine rings is 1. The molecule has 4 rings (SSSR count). The Balaban J connectivity index is 1.55. The maximum absolute atomic E-state index is 13.5. The van der Waals surface area contributed by atoms with Crippen molar-refractivity contribution in [3.05, 3.63) is 83.6 Å². The van der Waals surface area contributed by atoms with Gasteiger partial charge in [-0.05, 0) is 88.0 Å². The molecular formula is C31H38N4O2S. The van der Waals surface area contributed by atoms with E-state index in [1.54, 1.807) is 4.90 Å². The summed E-state index contributed by atoms with van der Waals surface area (Å²) in [6, 6.07) is 20.9. The molecule has 0 atom stereocenters. The van der Waals surface area contributed by atoms with Gasteiger partial charge in [0.2, 0.25) is 0 Å². The Labute approximate surface area is 231 Å². The van der Waals surface area contributed by atoms with Gasteiger partial charge in [-0.1, -0.05) is 45.0 Å². The van der Waals surface area contributed by atoms with Crippen LogP contribution in [0.1, 0.15) is 80.8 Å². The molecule has 1 aromatic heterocycles. The fourth-order valence-corrected chi connectivity index (χ4v) is 5.46. The lowest BCUT2D eigenvalue weighted by atomic mass is 9.91. The largest absolute Gasteiger partial charge is 0.351 e. The number of nitrogens with one attached hydrogen (secondary N) is 1. The highest BCUT2D eigenvalue weighted by molar-refractivity contribution is 7.98. The third-order valence-electron chi connectivity index (χ3n) is 7.02. The van der Waals surface area contributed by atoms with Crippen molar-refractivity contribution in [1.82, 2.24) is 9.71 Å². The zero-order chi connectivity index (χ0) is 27.5. The summed E-state index contributed by atoms with van der Waals surface area (Å²) in [4.78, 5) is 36.5. The van der Waals surface area contributed by atoms with E-state index in [-0.39, 0.29) is 22.8 Å². The maximum atomic E-state index is 13.5. The minimum Gasteiger partial charge on any atom is -0.351 e. The van der Waals surface area contributed by atoms with Crippen LogP contribution in [0.4, 0.5) is 11.5 Å². The van der Waals surface area contributed by atoms with Gasteiger partial charge in [0.05, 0.1) is 5.56 Å². The van der Waals surface area contributed by atoms with Crippen LogP contribution in [-0.4, -0.2) is 35.4 Å². The van der Waals surface area contributed by atoms with Crippen molar-refractivity contribution in [2.75, 3.05) is 22.9 Å². The van der Waals surface area contributed by atoms with Gasteiger partial charge in [0.1, 0.15) is 5.82 Å². The third kappa shape index (κ3) is 6.04. The van der Waals surface area contributed by atoms with Crippen LogP contribution in [-0.2, 0) is 5.41 Å². The lowest BCUT2D eigenvalue weighted by Gasteiger charge is -2.34. The van der Waals surface area contributed by atoms with E-state index in [0.29, 0.717) is 17.7 Å². The Hall–Kier alpha value is -3.32. The summed E-state index contributed by atoms with van der Waals surface area (Å²) < 4.78 is 2.99. The molecule has 1 saturated heterocycles. The first-order chi connectivity index (χ1) is 18.0. The number of nitrogens with zero attached hydrogens (tertiary/aromatic N) is 3. The fraction of sp³-hybridized carbons (Fsp3) is 0.387. The predicted molar refractivity (Wildman–Crippen MR) is 157 cm³/mol. The number of carbonyl (C=O) groups excluding carboxylic acids is 2. The summed E-state index contributed by atoms with van der Waals surface area (Å²) in [6.07, 6.45) is 2.13. The average Bonchev–Trinajstić information content (AvgIpc) is 3.26. The van der Waals surface area contributed by atoms with E-state index in [1.807, 2.05) is 73.7 Å². The molecule has 2 heterocycles. The van der Waals surface area contributed by atoms with Gasteiger partial charge >= 0.3 is 0 Å². The molecule has 1 aliphatic heterocycles. The highest BCUT2D eigenvalue weighted by atomic mass is 32.2. The van der Waals surface area contributed by atoms with E-state index in [9.17, 15) is 9.59 Å². The number of aromatic nitrogens is 1. The average molecular weight is 531 g/mol. The second-order valence-corrected chi connectivity index (χ2v) is 12.2. The summed E-state index contributed by atoms with van der Waals surface area (Å²) >= 11 is 1.21. The van der Waals surface area contributed by atoms with Crippen LogP contribution < -0.4 is 14.5 Å². The molecule has 1 fully saturated rings. The second-order valence-electron chi connectivity index (χ2n) is 11.3. The summed E-state index contributed by atoms with van der Waals surface area (Å²) in [5, 5.41) is 0. The first kappa shape index (κ1) is 27.7. The van der Waals surface area contributed by atoms with Crippen molar-refractivity contribution in [1.29, 1.82) is 0 Å². The van der Waals surface area contributed by atoms with Crippen molar-refractivity contribution >= 4 is 35.3 Å². The molecule has 0 radical (unpaired) electrons. The van der Waals surface area contributed by atoms with Crippen LogP contribution in [0.25, 0.3) is 0 Å². The Morgan fingerprint density at radius 3 is 2.42 bits per heavy atom. The third-order valence-corrected chi connectivity index (χ3v) is 7.79. The maximum Gasteiger partial charge on any atom is 0.265 e. The van der Waals surface area contributed by atoms with Gasteiger partial charge in [-0.3, -0.25) is 14.3 Å². The molecular weight excluding hydrogens is 492 g/mol. The van der Waals surface area contributed by atoms with Crippen LogP contribution in [0.3, 0.4) is 0 Å². The van der Waals surface area contributed by atoms with Crippen LogP contribution in [0.5, 0.6) is 0 Å². The topological polar surface area (TPSA) is 65.5 Å². The standard InChI is InChI=1S/C31H38N4O2S/c1-7-34(23-14-9-8-10-15-23)29(37)22-13-11-16-24(21-22)38-33-28(36)25-17-18-26(30(2,3)4)32-27(25)35-20-12-19-31(35,5)6/h8-11,13-18,21H,7,12,19-20H2,1-6H3,(H,33,36). The Kier molecular flexibility index (Phi) is 8.16. The molecule has 0 unspecified atom stereocenters. The van der Waals surface area contributed by atoms with Crippen molar-refractivity contribution in [2.45, 2.75) is 70.2 Å². The number of anilines is 2. The molecule has 0 aliphatic carbocycles. The molecule has 2 aromatic carbocycles. The number of rotatable bonds is 7. The summed E-state index contributed by atoms with van der Waals surface area (Å²) in [5.41, 5.74) is 2.77. The van der Waals surface area contributed by atoms with Gasteiger partial charge in [-0.15, -0.1) is 0 Å². The van der Waals surface area contributed by atoms with Crippen molar-refractivity contribution in [2.24, 2.45) is 0 Å². The van der Waals surface area contributed by atoms with E-state index < -0.39 is 0 Å². The first-order valence-electron chi connectivity index (χ1n) is 13.2. The Morgan fingerprint density at radius 1 is 1.05 bits per heavy atom. The number of carbonyl (C=O) groups is 2. The first-order valence-corrected chi connectivity index (χ1v) is 14.1. The molecule has 38 heavy (non-hydrogen) atoms. The molecule has 2 amide bonds. The molecule has 7 heteroatoms. The second kappa shape index (κ2) is 11.2. The van der Waals surface area contributed by atoms with E-state index in [2.05, 4.69) is 44.2 Å². The van der Waals surface area contributed by atoms with E-state index in [1.165, 1.54) is 11.9 Å². The monoisotopic (exact) mass is 530 g/mol. The smallest absolute Gasteiger partial charge is 0.265 e. The summed E-state index contributed by atoms with van der Waals surface area (Å²) in [7, 11) is 0. The number of hydrogen-bond donors (Lipinski definition) is 1. The Morgan fingerprint density at radius 2 is 1.79 bits per heavy atom. The molecule has 6 nitrogen and oxygen atoms in total. The van der Waals surface area contributed by atoms with E-state index in [4.69, 9.17) is 4.98 Å². The van der Waals surface area contributed by atoms with Gasteiger partial charge in [-0.25, -0.2) is 4.98 Å². The van der Waals surface area contributed by atoms with Gasteiger partial charge in [0.25, 0.3) is 11.8 Å². The van der Waals surface area contributed by atoms with Crippen LogP contribution in [0.15, 0.2) is 71.6 Å². The van der Waals surface area contributed by atoms with E-state index >= 15 is 0 Å². The highest BCUT2D eigenvalue weighted by Gasteiger charge is 2.36. The molecule has 0 saturated carbocycles. The lowest BCUT2D eigenvalue weighted by Crippen LogP contribution is -2.40. The number of hydrogen-bond acceptors (Lipinski definition) is 5. The van der Waals surface area contributed by atoms with Gasteiger partial charge in [0.15, 0.2) is 0 Å². The summed E-state index contributed by atoms with van der Waals surface area (Å²) in [6.45, 7) is 14.2. The number of amides is 2. The van der Waals surface area contributed by atoms with Crippen molar-refractivity contribution < 1.29 is 9.59 Å². The molecule has 200 valence electrons. The van der Waals surface area contributed by atoms with Crippen molar-refractivity contribution in [3.63, 3.8) is 0 Å². The SMILES string of the molecule is CCN(C(=O)c1cccc(SNC(=O)c2ccc(C(C)(C)C)nc2N2CCCC2(C)C)c1)c1ccccc1. The van der Waals surface area contributed by atoms with Gasteiger partial charge < -0.3 is 9.80 Å². The molecule has 1 N–H and O–H groups in total. The van der Waals surface area contributed by atoms with Gasteiger partial charge in [0, 0.05) is 45.9 Å². The van der Waals surface area contributed by atoms with Crippen molar-refractivity contribution in [3.8, 4) is 0 Å². The minimum absolute atomic E-state index is 0.0652. The summed E-state index contributed by atoms with van der Waals surface area (Å²) in [5.74, 6) is 0.466. The van der Waals surface area contributed by atoms with Crippen LogP contribution in [0.2, 0.25) is 0 Å². The van der Waals surface area contributed by atoms with Gasteiger partial charge in [-0.2, -0.15) is 0 Å². The number of para-hydroxylation sites is 1. The molecule has 0 bridgehead atoms. The number of benzene rings is 2. The van der Waals surface area contributed by atoms with Crippen LogP contribution >= 0.6 is 11.9 Å². The Bertz CT molecular complexity index is 1300. The minimum atomic E-state index is -0.197. The molecule has 0 spiro atoms. The predicted octanol–water partition coefficient (Wildman–Crippen LogP) is 6.86. The normalized spacial score (nSPS) is 14.8. The lowest BCUT2D eigenvalue weighted by molar-refractivity contribution is 0.0978. The van der Waals surface area contributed by atoms with E-state index in [0.717, 1.165) is 41.5 Å². The highest BCUT2D eigenvalue weighted by Crippen LogP contribution is 2.36. The van der Waals surface area contributed by atoms with Crippen LogP contribution in [0, 0.1) is 0 Å².